The Labute approximate surface area is 211 Å². The molecule has 0 amide bonds. The molecule has 0 aliphatic carbocycles. The van der Waals surface area contributed by atoms with Gasteiger partial charge >= 0.3 is 5.97 Å². The van der Waals surface area contributed by atoms with Gasteiger partial charge in [-0.3, -0.25) is 0 Å². The molecule has 13 nitrogen and oxygen atoms in total. The largest absolute Gasteiger partial charge is 0.504 e. The normalized spacial score (nSPS) is 25.2. The summed E-state index contributed by atoms with van der Waals surface area (Å²) in [5.74, 6) is -1.06. The molecule has 0 spiro atoms. The number of rotatable bonds is 10. The minimum absolute atomic E-state index is 0.0382. The van der Waals surface area contributed by atoms with Crippen molar-refractivity contribution in [1.82, 2.24) is 0 Å². The molecule has 7 atom stereocenters. The Hall–Kier alpha value is -3.17. The fourth-order valence-corrected chi connectivity index (χ4v) is 3.62. The molecule has 1 saturated heterocycles. The number of esters is 1. The van der Waals surface area contributed by atoms with E-state index in [9.17, 15) is 40.5 Å². The molecule has 1 fully saturated rings. The predicted molar refractivity (Wildman–Crippen MR) is 123 cm³/mol. The topological polar surface area (TPSA) is 205 Å². The van der Waals surface area contributed by atoms with Gasteiger partial charge in [0.15, 0.2) is 29.3 Å². The Morgan fingerprint density at radius 3 is 2.19 bits per heavy atom. The molecule has 0 radical (unpaired) electrons. The van der Waals surface area contributed by atoms with Crippen LogP contribution in [0, 0.1) is 0 Å². The lowest BCUT2D eigenvalue weighted by molar-refractivity contribution is -0.305. The third-order valence-corrected chi connectivity index (χ3v) is 5.80. The van der Waals surface area contributed by atoms with Crippen LogP contribution in [0.5, 0.6) is 23.0 Å². The lowest BCUT2D eigenvalue weighted by atomic mass is 9.99. The van der Waals surface area contributed by atoms with Crippen LogP contribution < -0.4 is 9.47 Å². The zero-order valence-corrected chi connectivity index (χ0v) is 20.0. The first-order valence-corrected chi connectivity index (χ1v) is 11.2. The van der Waals surface area contributed by atoms with Gasteiger partial charge in [-0.05, 0) is 35.9 Å². The zero-order valence-electron chi connectivity index (χ0n) is 20.0. The molecule has 2 aromatic rings. The van der Waals surface area contributed by atoms with Crippen molar-refractivity contribution < 1.29 is 64.2 Å². The van der Waals surface area contributed by atoms with Crippen molar-refractivity contribution in [3.8, 4) is 23.0 Å². The van der Waals surface area contributed by atoms with Crippen molar-refractivity contribution in [2.24, 2.45) is 0 Å². The average Bonchev–Trinajstić information content (AvgIpc) is 2.90. The van der Waals surface area contributed by atoms with E-state index in [4.69, 9.17) is 23.7 Å². The predicted octanol–water partition coefficient (Wildman–Crippen LogP) is -0.809. The summed E-state index contributed by atoms with van der Waals surface area (Å²) in [4.78, 5) is 12.4. The van der Waals surface area contributed by atoms with E-state index in [1.807, 2.05) is 0 Å². The monoisotopic (exact) mass is 526 g/mol. The van der Waals surface area contributed by atoms with Crippen LogP contribution >= 0.6 is 0 Å². The summed E-state index contributed by atoms with van der Waals surface area (Å²) < 4.78 is 25.8. The van der Waals surface area contributed by atoms with Gasteiger partial charge in [0.05, 0.1) is 26.4 Å². The van der Waals surface area contributed by atoms with E-state index >= 15 is 0 Å². The first-order valence-electron chi connectivity index (χ1n) is 11.2. The molecule has 1 heterocycles. The number of aliphatic hydroxyl groups is 5. The van der Waals surface area contributed by atoms with Crippen LogP contribution in [0.4, 0.5) is 0 Å². The SMILES string of the molecule is COc1cc(C(=O)OC[C@H]2O[C@@H](OC[C@H](O)[C@@H](O)c3ccc(O)c(OC)c3)[C@H](O)[C@@H](O)[C@@H]2O)ccc1O. The van der Waals surface area contributed by atoms with Gasteiger partial charge in [0.25, 0.3) is 0 Å². The van der Waals surface area contributed by atoms with E-state index in [0.29, 0.717) is 0 Å². The molecular weight excluding hydrogens is 496 g/mol. The maximum Gasteiger partial charge on any atom is 0.338 e. The molecule has 2 aromatic carbocycles. The third-order valence-electron chi connectivity index (χ3n) is 5.80. The summed E-state index contributed by atoms with van der Waals surface area (Å²) in [6.07, 6.45) is -10.9. The maximum absolute atomic E-state index is 12.4. The Morgan fingerprint density at radius 1 is 0.919 bits per heavy atom. The Bertz CT molecular complexity index is 1060. The smallest absolute Gasteiger partial charge is 0.338 e. The van der Waals surface area contributed by atoms with E-state index in [0.717, 1.165) is 0 Å². The molecule has 0 saturated carbocycles. The highest BCUT2D eigenvalue weighted by Crippen LogP contribution is 2.31. The lowest BCUT2D eigenvalue weighted by Crippen LogP contribution is -2.59. The quantitative estimate of drug-likeness (QED) is 0.189. The number of benzene rings is 2. The first kappa shape index (κ1) is 28.4. The van der Waals surface area contributed by atoms with Crippen LogP contribution in [0.3, 0.4) is 0 Å². The molecule has 3 rings (SSSR count). The molecular formula is C24H30O13. The number of ether oxygens (including phenoxy) is 5. The van der Waals surface area contributed by atoms with Gasteiger partial charge < -0.3 is 59.4 Å². The number of aliphatic hydroxyl groups excluding tert-OH is 5. The number of methoxy groups -OCH3 is 2. The molecule has 37 heavy (non-hydrogen) atoms. The van der Waals surface area contributed by atoms with Crippen molar-refractivity contribution in [3.63, 3.8) is 0 Å². The molecule has 13 heteroatoms. The average molecular weight is 526 g/mol. The van der Waals surface area contributed by atoms with Gasteiger partial charge in [0.1, 0.15) is 43.2 Å². The number of phenols is 2. The Morgan fingerprint density at radius 2 is 1.54 bits per heavy atom. The van der Waals surface area contributed by atoms with E-state index in [2.05, 4.69) is 0 Å². The van der Waals surface area contributed by atoms with Gasteiger partial charge in [-0.2, -0.15) is 0 Å². The summed E-state index contributed by atoms with van der Waals surface area (Å²) in [5.41, 5.74) is 0.248. The van der Waals surface area contributed by atoms with Crippen LogP contribution in [0.15, 0.2) is 36.4 Å². The summed E-state index contributed by atoms with van der Waals surface area (Å²) in [6, 6.07) is 7.74. The minimum Gasteiger partial charge on any atom is -0.504 e. The van der Waals surface area contributed by atoms with Gasteiger partial charge in [0, 0.05) is 0 Å². The zero-order chi connectivity index (χ0) is 27.3. The number of phenolic OH excluding ortho intramolecular Hbond substituents is 2. The highest BCUT2D eigenvalue weighted by Gasteiger charge is 2.45. The van der Waals surface area contributed by atoms with Crippen LogP contribution in [0.1, 0.15) is 22.0 Å². The van der Waals surface area contributed by atoms with Crippen molar-refractivity contribution in [2.45, 2.75) is 42.9 Å². The second kappa shape index (κ2) is 12.4. The van der Waals surface area contributed by atoms with Crippen molar-refractivity contribution in [1.29, 1.82) is 0 Å². The van der Waals surface area contributed by atoms with E-state index in [-0.39, 0.29) is 34.1 Å². The summed E-state index contributed by atoms with van der Waals surface area (Å²) in [7, 11) is 2.63. The van der Waals surface area contributed by atoms with E-state index in [1.54, 1.807) is 0 Å². The molecule has 204 valence electrons. The second-order valence-electron chi connectivity index (χ2n) is 8.28. The van der Waals surface area contributed by atoms with Crippen LogP contribution in [-0.4, -0.2) is 106 Å². The number of hydrogen-bond acceptors (Lipinski definition) is 13. The molecule has 0 aromatic heterocycles. The highest BCUT2D eigenvalue weighted by atomic mass is 16.7. The third kappa shape index (κ3) is 6.59. The van der Waals surface area contributed by atoms with Crippen molar-refractivity contribution in [2.75, 3.05) is 27.4 Å². The van der Waals surface area contributed by atoms with Crippen LogP contribution in [0.25, 0.3) is 0 Å². The molecule has 0 bridgehead atoms. The maximum atomic E-state index is 12.4. The fraction of sp³-hybridized carbons (Fsp3) is 0.458. The first-order chi connectivity index (χ1) is 17.6. The molecule has 1 aliphatic rings. The van der Waals surface area contributed by atoms with Gasteiger partial charge in [-0.1, -0.05) is 6.07 Å². The lowest BCUT2D eigenvalue weighted by Gasteiger charge is -2.40. The van der Waals surface area contributed by atoms with Gasteiger partial charge in [-0.15, -0.1) is 0 Å². The highest BCUT2D eigenvalue weighted by molar-refractivity contribution is 5.90. The molecule has 0 unspecified atom stereocenters. The Kier molecular flexibility index (Phi) is 9.50. The molecule has 1 aliphatic heterocycles. The summed E-state index contributed by atoms with van der Waals surface area (Å²) in [5, 5.41) is 70.8. The van der Waals surface area contributed by atoms with Gasteiger partial charge in [0.2, 0.25) is 0 Å². The number of hydrogen-bond donors (Lipinski definition) is 7. The van der Waals surface area contributed by atoms with E-state index < -0.39 is 62.1 Å². The van der Waals surface area contributed by atoms with Gasteiger partial charge in [-0.25, -0.2) is 4.79 Å². The molecule has 7 N–H and O–H groups in total. The number of aromatic hydroxyl groups is 2. The second-order valence-corrected chi connectivity index (χ2v) is 8.28. The van der Waals surface area contributed by atoms with Crippen LogP contribution in [0.2, 0.25) is 0 Å². The minimum atomic E-state index is -1.74. The van der Waals surface area contributed by atoms with E-state index in [1.165, 1.54) is 50.6 Å². The number of carbonyl (C=O) groups excluding carboxylic acids is 1. The standard InChI is InChI=1S/C24H30O13/c1-33-16-7-11(3-5-13(16)25)19(28)15(27)9-36-24-22(31)21(30)20(29)18(37-24)10-35-23(32)12-4-6-14(26)17(8-12)34-2/h3-8,15,18-22,24-31H,9-10H2,1-2H3/t15-,18+,19-,20+,21-,22+,24+/m0/s1. The van der Waals surface area contributed by atoms with Crippen molar-refractivity contribution in [3.05, 3.63) is 47.5 Å². The number of carbonyl (C=O) groups is 1. The van der Waals surface area contributed by atoms with Crippen LogP contribution in [-0.2, 0) is 14.2 Å². The summed E-state index contributed by atoms with van der Waals surface area (Å²) in [6.45, 7) is -1.10. The van der Waals surface area contributed by atoms with Crippen molar-refractivity contribution >= 4 is 5.97 Å². The summed E-state index contributed by atoms with van der Waals surface area (Å²) >= 11 is 0. The Balaban J connectivity index is 1.59. The fourth-order valence-electron chi connectivity index (χ4n) is 3.62.